The van der Waals surface area contributed by atoms with Crippen molar-refractivity contribution in [3.05, 3.63) is 41.2 Å². The standard InChI is InChI=1S/C13H6ClN5O2/c14-7-1-2-10(16-6-7)13-18-12(19-21-13)11-4-9(20)3-8(5-15)17-11/h1-4,6H,(H,17,20). The third-order valence-corrected chi connectivity index (χ3v) is 2.75. The van der Waals surface area contributed by atoms with Crippen LogP contribution in [0.15, 0.2) is 35.0 Å². The minimum atomic E-state index is -0.104. The van der Waals surface area contributed by atoms with E-state index in [0.29, 0.717) is 10.7 Å². The van der Waals surface area contributed by atoms with Gasteiger partial charge in [-0.05, 0) is 12.1 Å². The highest BCUT2D eigenvalue weighted by Gasteiger charge is 2.14. The van der Waals surface area contributed by atoms with E-state index in [4.69, 9.17) is 21.4 Å². The highest BCUT2D eigenvalue weighted by atomic mass is 35.5. The number of aromatic hydroxyl groups is 1. The first-order chi connectivity index (χ1) is 10.2. The molecule has 0 aliphatic rings. The minimum absolute atomic E-state index is 0.0565. The topological polar surface area (TPSA) is 109 Å². The molecule has 0 spiro atoms. The third-order valence-electron chi connectivity index (χ3n) is 2.53. The molecule has 3 aromatic heterocycles. The van der Waals surface area contributed by atoms with Gasteiger partial charge in [0.1, 0.15) is 28.9 Å². The second-order valence-corrected chi connectivity index (χ2v) is 4.43. The van der Waals surface area contributed by atoms with Gasteiger partial charge >= 0.3 is 0 Å². The molecule has 0 amide bonds. The molecule has 7 nitrogen and oxygen atoms in total. The normalized spacial score (nSPS) is 10.3. The van der Waals surface area contributed by atoms with Gasteiger partial charge in [-0.15, -0.1) is 0 Å². The summed E-state index contributed by atoms with van der Waals surface area (Å²) in [6, 6.07) is 7.70. The number of halogens is 1. The number of aromatic nitrogens is 4. The number of nitrogens with zero attached hydrogens (tertiary/aromatic N) is 5. The highest BCUT2D eigenvalue weighted by Crippen LogP contribution is 2.23. The van der Waals surface area contributed by atoms with Crippen LogP contribution in [0.5, 0.6) is 5.75 Å². The fraction of sp³-hybridized carbons (Fsp3) is 0. The quantitative estimate of drug-likeness (QED) is 0.773. The van der Waals surface area contributed by atoms with Crippen LogP contribution in [-0.2, 0) is 0 Å². The van der Waals surface area contributed by atoms with E-state index in [2.05, 4.69) is 20.1 Å². The Bertz CT molecular complexity index is 839. The molecule has 0 saturated heterocycles. The van der Waals surface area contributed by atoms with Crippen molar-refractivity contribution in [3.63, 3.8) is 0 Å². The zero-order valence-corrected chi connectivity index (χ0v) is 11.1. The molecular formula is C13H6ClN5O2. The van der Waals surface area contributed by atoms with Crippen LogP contribution in [0.2, 0.25) is 5.02 Å². The maximum absolute atomic E-state index is 9.54. The van der Waals surface area contributed by atoms with Crippen LogP contribution < -0.4 is 0 Å². The van der Waals surface area contributed by atoms with Gasteiger partial charge in [-0.3, -0.25) is 0 Å². The fourth-order valence-corrected chi connectivity index (χ4v) is 1.73. The van der Waals surface area contributed by atoms with Crippen molar-refractivity contribution in [1.82, 2.24) is 20.1 Å². The summed E-state index contributed by atoms with van der Waals surface area (Å²) in [4.78, 5) is 12.2. The summed E-state index contributed by atoms with van der Waals surface area (Å²) in [5, 5.41) is 22.6. The zero-order valence-electron chi connectivity index (χ0n) is 10.4. The summed E-state index contributed by atoms with van der Waals surface area (Å²) in [6.07, 6.45) is 1.46. The molecule has 0 aliphatic carbocycles. The third kappa shape index (κ3) is 2.66. The molecule has 3 rings (SSSR count). The first kappa shape index (κ1) is 13.0. The second kappa shape index (κ2) is 5.19. The van der Waals surface area contributed by atoms with Gasteiger partial charge in [0.25, 0.3) is 5.89 Å². The molecule has 3 aromatic rings. The zero-order chi connectivity index (χ0) is 14.8. The lowest BCUT2D eigenvalue weighted by Crippen LogP contribution is -1.90. The monoisotopic (exact) mass is 299 g/mol. The number of hydrogen-bond acceptors (Lipinski definition) is 7. The van der Waals surface area contributed by atoms with Gasteiger partial charge < -0.3 is 9.63 Å². The van der Waals surface area contributed by atoms with Crippen LogP contribution >= 0.6 is 11.6 Å². The molecule has 0 aromatic carbocycles. The maximum atomic E-state index is 9.54. The Kier molecular flexibility index (Phi) is 3.22. The van der Waals surface area contributed by atoms with Gasteiger partial charge in [0.05, 0.1) is 5.02 Å². The minimum Gasteiger partial charge on any atom is -0.508 e. The number of pyridine rings is 2. The van der Waals surface area contributed by atoms with Gasteiger partial charge in [0.15, 0.2) is 0 Å². The van der Waals surface area contributed by atoms with Gasteiger partial charge in [-0.25, -0.2) is 9.97 Å². The van der Waals surface area contributed by atoms with Gasteiger partial charge in [-0.1, -0.05) is 16.8 Å². The van der Waals surface area contributed by atoms with Crippen LogP contribution in [0, 0.1) is 11.3 Å². The summed E-state index contributed by atoms with van der Waals surface area (Å²) >= 11 is 5.75. The number of hydrogen-bond donors (Lipinski definition) is 1. The van der Waals surface area contributed by atoms with Crippen molar-refractivity contribution in [2.75, 3.05) is 0 Å². The summed E-state index contributed by atoms with van der Waals surface area (Å²) in [6.45, 7) is 0. The lowest BCUT2D eigenvalue weighted by Gasteiger charge is -1.96. The first-order valence-corrected chi connectivity index (χ1v) is 6.10. The van der Waals surface area contributed by atoms with E-state index in [1.54, 1.807) is 12.1 Å². The van der Waals surface area contributed by atoms with Crippen molar-refractivity contribution < 1.29 is 9.63 Å². The van der Waals surface area contributed by atoms with Crippen molar-refractivity contribution in [3.8, 4) is 34.9 Å². The van der Waals surface area contributed by atoms with Gasteiger partial charge in [0, 0.05) is 18.3 Å². The number of nitriles is 1. The van der Waals surface area contributed by atoms with E-state index in [9.17, 15) is 5.11 Å². The molecule has 0 fully saturated rings. The predicted octanol–water partition coefficient (Wildman–Crippen LogP) is 2.42. The van der Waals surface area contributed by atoms with E-state index in [1.165, 1.54) is 18.3 Å². The van der Waals surface area contributed by atoms with Gasteiger partial charge in [0.2, 0.25) is 5.82 Å². The Labute approximate surface area is 123 Å². The molecule has 0 bridgehead atoms. The molecular weight excluding hydrogens is 294 g/mol. The Morgan fingerprint density at radius 3 is 2.76 bits per heavy atom. The Morgan fingerprint density at radius 2 is 2.05 bits per heavy atom. The Hall–Kier alpha value is -2.98. The molecule has 8 heteroatoms. The number of rotatable bonds is 2. The van der Waals surface area contributed by atoms with Crippen LogP contribution in [0.25, 0.3) is 23.1 Å². The fourth-order valence-electron chi connectivity index (χ4n) is 1.62. The van der Waals surface area contributed by atoms with Gasteiger partial charge in [-0.2, -0.15) is 10.2 Å². The summed E-state index contributed by atoms with van der Waals surface area (Å²) in [5.74, 6) is 0.229. The smallest absolute Gasteiger partial charge is 0.276 e. The van der Waals surface area contributed by atoms with Crippen LogP contribution in [0.3, 0.4) is 0 Å². The van der Waals surface area contributed by atoms with Crippen LogP contribution in [0.1, 0.15) is 5.69 Å². The molecule has 0 saturated carbocycles. The molecule has 1 N–H and O–H groups in total. The predicted molar refractivity (Wildman–Crippen MR) is 72.1 cm³/mol. The van der Waals surface area contributed by atoms with Crippen LogP contribution in [-0.4, -0.2) is 25.2 Å². The molecule has 0 radical (unpaired) electrons. The van der Waals surface area contributed by atoms with E-state index >= 15 is 0 Å². The van der Waals surface area contributed by atoms with E-state index in [1.807, 2.05) is 6.07 Å². The summed E-state index contributed by atoms with van der Waals surface area (Å²) in [5.41, 5.74) is 0.746. The average molecular weight is 300 g/mol. The second-order valence-electron chi connectivity index (χ2n) is 3.99. The van der Waals surface area contributed by atoms with E-state index in [0.717, 1.165) is 0 Å². The Morgan fingerprint density at radius 1 is 1.19 bits per heavy atom. The average Bonchev–Trinajstić information content (AvgIpc) is 2.97. The molecule has 0 aliphatic heterocycles. The lowest BCUT2D eigenvalue weighted by molar-refractivity contribution is 0.430. The SMILES string of the molecule is N#Cc1cc(O)cc(-c2noc(-c3ccc(Cl)cn3)n2)n1. The molecule has 0 unspecified atom stereocenters. The molecule has 3 heterocycles. The van der Waals surface area contributed by atoms with Crippen molar-refractivity contribution in [1.29, 1.82) is 5.26 Å². The van der Waals surface area contributed by atoms with E-state index in [-0.39, 0.29) is 28.9 Å². The van der Waals surface area contributed by atoms with Crippen molar-refractivity contribution in [2.45, 2.75) is 0 Å². The largest absolute Gasteiger partial charge is 0.508 e. The molecule has 21 heavy (non-hydrogen) atoms. The van der Waals surface area contributed by atoms with Crippen molar-refractivity contribution in [2.24, 2.45) is 0 Å². The highest BCUT2D eigenvalue weighted by molar-refractivity contribution is 6.30. The van der Waals surface area contributed by atoms with Crippen LogP contribution in [0.4, 0.5) is 0 Å². The molecule has 102 valence electrons. The first-order valence-electron chi connectivity index (χ1n) is 5.73. The maximum Gasteiger partial charge on any atom is 0.276 e. The summed E-state index contributed by atoms with van der Waals surface area (Å²) in [7, 11) is 0. The molecule has 0 atom stereocenters. The van der Waals surface area contributed by atoms with E-state index < -0.39 is 0 Å². The van der Waals surface area contributed by atoms with Crippen molar-refractivity contribution >= 4 is 11.6 Å². The Balaban J connectivity index is 2.00. The lowest BCUT2D eigenvalue weighted by atomic mass is 10.3. The summed E-state index contributed by atoms with van der Waals surface area (Å²) < 4.78 is 5.09.